The van der Waals surface area contributed by atoms with Gasteiger partial charge in [-0.3, -0.25) is 4.79 Å². The summed E-state index contributed by atoms with van der Waals surface area (Å²) in [4.78, 5) is 16.5. The summed E-state index contributed by atoms with van der Waals surface area (Å²) in [5.41, 5.74) is 13.0. The molecule has 4 nitrogen and oxygen atoms in total. The Hall–Kier alpha value is -2.14. The van der Waals surface area contributed by atoms with Gasteiger partial charge in [0.2, 0.25) is 0 Å². The fourth-order valence-corrected chi connectivity index (χ4v) is 2.41. The van der Waals surface area contributed by atoms with Crippen LogP contribution >= 0.6 is 11.3 Å². The van der Waals surface area contributed by atoms with Crippen LogP contribution in [0.4, 0.5) is 0 Å². The van der Waals surface area contributed by atoms with Crippen LogP contribution in [-0.4, -0.2) is 11.9 Å². The van der Waals surface area contributed by atoms with E-state index >= 15 is 0 Å². The minimum atomic E-state index is -0.426. The fraction of sp³-hybridized carbons (Fsp3) is 0.0769. The maximum absolute atomic E-state index is 11.7. The number of rotatable bonds is 2. The van der Waals surface area contributed by atoms with Crippen molar-refractivity contribution in [2.45, 2.75) is 6.92 Å². The number of nitrogens with two attached hydrogens (primary N) is 2. The van der Waals surface area contributed by atoms with E-state index in [1.54, 1.807) is 23.5 Å². The normalized spacial score (nSPS) is 10.1. The van der Waals surface area contributed by atoms with Gasteiger partial charge in [0.15, 0.2) is 5.96 Å². The average molecular weight is 259 g/mol. The van der Waals surface area contributed by atoms with Crippen molar-refractivity contribution in [2.24, 2.45) is 16.5 Å². The molecule has 4 N–H and O–H groups in total. The highest BCUT2D eigenvalue weighted by Gasteiger charge is 2.08. The van der Waals surface area contributed by atoms with Crippen LogP contribution in [0.2, 0.25) is 0 Å². The van der Waals surface area contributed by atoms with Crippen molar-refractivity contribution in [1.82, 2.24) is 0 Å². The van der Waals surface area contributed by atoms with Crippen molar-refractivity contribution in [3.8, 4) is 11.1 Å². The summed E-state index contributed by atoms with van der Waals surface area (Å²) in [5.74, 6) is -0.651. The number of hydrogen-bond acceptors (Lipinski definition) is 2. The van der Waals surface area contributed by atoms with E-state index in [-0.39, 0.29) is 5.96 Å². The van der Waals surface area contributed by atoms with E-state index in [0.29, 0.717) is 5.56 Å². The van der Waals surface area contributed by atoms with Gasteiger partial charge in [0.05, 0.1) is 0 Å². The number of carbonyl (C=O) groups excluding carboxylic acids is 1. The van der Waals surface area contributed by atoms with Gasteiger partial charge < -0.3 is 11.5 Å². The molecule has 0 aliphatic heterocycles. The summed E-state index contributed by atoms with van der Waals surface area (Å²) in [6, 6.07) is 9.30. The minimum absolute atomic E-state index is 0.225. The summed E-state index contributed by atoms with van der Waals surface area (Å²) in [5, 5.41) is 2.02. The lowest BCUT2D eigenvalue weighted by atomic mass is 10.0. The number of aryl methyl sites for hydroxylation is 1. The highest BCUT2D eigenvalue weighted by Crippen LogP contribution is 2.28. The van der Waals surface area contributed by atoms with E-state index in [1.807, 2.05) is 30.5 Å². The van der Waals surface area contributed by atoms with Crippen LogP contribution in [0.5, 0.6) is 0 Å². The molecular weight excluding hydrogens is 246 g/mol. The van der Waals surface area contributed by atoms with Gasteiger partial charge in [-0.05, 0) is 41.6 Å². The maximum atomic E-state index is 11.7. The number of nitrogens with zero attached hydrogens (tertiary/aromatic N) is 1. The molecule has 0 aliphatic carbocycles. The smallest absolute Gasteiger partial charge is 0.280 e. The third-order valence-electron chi connectivity index (χ3n) is 2.51. The molecule has 0 aliphatic rings. The Morgan fingerprint density at radius 3 is 2.67 bits per heavy atom. The zero-order valence-electron chi connectivity index (χ0n) is 9.88. The van der Waals surface area contributed by atoms with Crippen molar-refractivity contribution in [1.29, 1.82) is 0 Å². The van der Waals surface area contributed by atoms with Gasteiger partial charge in [0.25, 0.3) is 5.91 Å². The molecule has 0 fully saturated rings. The molecule has 1 aromatic heterocycles. The second kappa shape index (κ2) is 5.01. The van der Waals surface area contributed by atoms with Crippen LogP contribution in [0.3, 0.4) is 0 Å². The van der Waals surface area contributed by atoms with E-state index in [0.717, 1.165) is 11.1 Å². The number of guanidine groups is 1. The highest BCUT2D eigenvalue weighted by atomic mass is 32.1. The standard InChI is InChI=1S/C13H13N3OS/c1-8-11(5-6-18-8)9-3-2-4-10(7-9)12(17)16-13(14)15/h2-7H,1H3,(H4,14,15,16,17). The van der Waals surface area contributed by atoms with E-state index in [4.69, 9.17) is 11.5 Å². The third-order valence-corrected chi connectivity index (χ3v) is 3.36. The Bertz CT molecular complexity index is 612. The Labute approximate surface area is 109 Å². The van der Waals surface area contributed by atoms with E-state index < -0.39 is 5.91 Å². The average Bonchev–Trinajstić information content (AvgIpc) is 2.75. The van der Waals surface area contributed by atoms with Crippen molar-refractivity contribution in [2.75, 3.05) is 0 Å². The lowest BCUT2D eigenvalue weighted by Gasteiger charge is -2.02. The van der Waals surface area contributed by atoms with Crippen molar-refractivity contribution < 1.29 is 4.79 Å². The quantitative estimate of drug-likeness (QED) is 0.640. The summed E-state index contributed by atoms with van der Waals surface area (Å²) >= 11 is 1.67. The molecule has 0 radical (unpaired) electrons. The summed E-state index contributed by atoms with van der Waals surface area (Å²) in [6.07, 6.45) is 0. The molecule has 5 heteroatoms. The van der Waals surface area contributed by atoms with Gasteiger partial charge in [-0.15, -0.1) is 11.3 Å². The maximum Gasteiger partial charge on any atom is 0.280 e. The number of hydrogen-bond donors (Lipinski definition) is 2. The lowest BCUT2D eigenvalue weighted by Crippen LogP contribution is -2.24. The van der Waals surface area contributed by atoms with Gasteiger partial charge in [0, 0.05) is 10.4 Å². The van der Waals surface area contributed by atoms with Crippen LogP contribution < -0.4 is 11.5 Å². The largest absolute Gasteiger partial charge is 0.370 e. The molecular formula is C13H13N3OS. The van der Waals surface area contributed by atoms with Crippen LogP contribution in [0, 0.1) is 6.92 Å². The Balaban J connectivity index is 2.40. The third kappa shape index (κ3) is 2.57. The van der Waals surface area contributed by atoms with Crippen molar-refractivity contribution in [3.05, 3.63) is 46.2 Å². The number of aliphatic imine (C=N–C) groups is 1. The molecule has 92 valence electrons. The Morgan fingerprint density at radius 2 is 2.06 bits per heavy atom. The topological polar surface area (TPSA) is 81.5 Å². The second-order valence-electron chi connectivity index (χ2n) is 3.81. The van der Waals surface area contributed by atoms with E-state index in [2.05, 4.69) is 4.99 Å². The molecule has 0 saturated heterocycles. The van der Waals surface area contributed by atoms with Crippen LogP contribution in [0.1, 0.15) is 15.2 Å². The van der Waals surface area contributed by atoms with Gasteiger partial charge in [0.1, 0.15) is 0 Å². The molecule has 0 saturated carbocycles. The molecule has 0 spiro atoms. The van der Waals surface area contributed by atoms with Gasteiger partial charge in [-0.2, -0.15) is 4.99 Å². The zero-order chi connectivity index (χ0) is 13.1. The number of carbonyl (C=O) groups is 1. The van der Waals surface area contributed by atoms with Crippen LogP contribution in [0.15, 0.2) is 40.7 Å². The minimum Gasteiger partial charge on any atom is -0.370 e. The first kappa shape index (κ1) is 12.3. The summed E-state index contributed by atoms with van der Waals surface area (Å²) in [6.45, 7) is 2.05. The van der Waals surface area contributed by atoms with Gasteiger partial charge in [-0.25, -0.2) is 0 Å². The van der Waals surface area contributed by atoms with Crippen LogP contribution in [0.25, 0.3) is 11.1 Å². The van der Waals surface area contributed by atoms with Gasteiger partial charge in [-0.1, -0.05) is 12.1 Å². The second-order valence-corrected chi connectivity index (χ2v) is 4.93. The number of amides is 1. The predicted molar refractivity (Wildman–Crippen MR) is 74.6 cm³/mol. The zero-order valence-corrected chi connectivity index (χ0v) is 10.7. The first-order valence-corrected chi connectivity index (χ1v) is 6.24. The molecule has 2 rings (SSSR count). The van der Waals surface area contributed by atoms with Crippen molar-refractivity contribution >= 4 is 23.2 Å². The van der Waals surface area contributed by atoms with Crippen LogP contribution in [-0.2, 0) is 0 Å². The molecule has 1 heterocycles. The molecule has 0 unspecified atom stereocenters. The first-order chi connectivity index (χ1) is 8.58. The Morgan fingerprint density at radius 1 is 1.28 bits per heavy atom. The predicted octanol–water partition coefficient (Wildman–Crippen LogP) is 2.14. The highest BCUT2D eigenvalue weighted by molar-refractivity contribution is 7.10. The molecule has 2 aromatic rings. The van der Waals surface area contributed by atoms with E-state index in [9.17, 15) is 4.79 Å². The Kier molecular flexibility index (Phi) is 3.43. The lowest BCUT2D eigenvalue weighted by molar-refractivity contribution is 0.100. The number of thiophene rings is 1. The van der Waals surface area contributed by atoms with Crippen molar-refractivity contribution in [3.63, 3.8) is 0 Å². The monoisotopic (exact) mass is 259 g/mol. The summed E-state index contributed by atoms with van der Waals surface area (Å²) < 4.78 is 0. The molecule has 1 amide bonds. The molecule has 0 atom stereocenters. The SMILES string of the molecule is Cc1sccc1-c1cccc(C(=O)N=C(N)N)c1. The fourth-order valence-electron chi connectivity index (χ4n) is 1.69. The summed E-state index contributed by atoms with van der Waals surface area (Å²) in [7, 11) is 0. The van der Waals surface area contributed by atoms with E-state index in [1.165, 1.54) is 4.88 Å². The molecule has 18 heavy (non-hydrogen) atoms. The number of benzene rings is 1. The first-order valence-electron chi connectivity index (χ1n) is 5.36. The molecule has 1 aromatic carbocycles. The molecule has 0 bridgehead atoms. The van der Waals surface area contributed by atoms with Gasteiger partial charge >= 0.3 is 0 Å².